The maximum absolute atomic E-state index is 5.25. The molecule has 6 heteroatoms. The second kappa shape index (κ2) is 10.6. The second-order valence-corrected chi connectivity index (χ2v) is 11.2. The van der Waals surface area contributed by atoms with Gasteiger partial charge in [-0.1, -0.05) is 97.1 Å². The Labute approximate surface area is 264 Å². The van der Waals surface area contributed by atoms with Gasteiger partial charge < -0.3 is 0 Å². The molecule has 9 rings (SSSR count). The number of hydrogen-bond donors (Lipinski definition) is 0. The Morgan fingerprint density at radius 3 is 1.70 bits per heavy atom. The molecule has 0 aliphatic carbocycles. The Balaban J connectivity index is 1.26. The third-order valence-corrected chi connectivity index (χ3v) is 8.37. The van der Waals surface area contributed by atoms with Crippen molar-refractivity contribution in [1.82, 2.24) is 29.9 Å². The molecule has 0 bridgehead atoms. The van der Waals surface area contributed by atoms with Crippen LogP contribution in [0, 0.1) is 0 Å². The van der Waals surface area contributed by atoms with Gasteiger partial charge in [0.2, 0.25) is 0 Å². The van der Waals surface area contributed by atoms with E-state index in [0.29, 0.717) is 11.5 Å². The number of para-hydroxylation sites is 2. The highest BCUT2D eigenvalue weighted by Gasteiger charge is 2.18. The van der Waals surface area contributed by atoms with Gasteiger partial charge in [-0.05, 0) is 47.2 Å². The molecular weight excluding hydrogens is 564 g/mol. The third kappa shape index (κ3) is 4.43. The number of hydrogen-bond acceptors (Lipinski definition) is 6. The monoisotopic (exact) mass is 588 g/mol. The van der Waals surface area contributed by atoms with Gasteiger partial charge in [0, 0.05) is 39.9 Å². The summed E-state index contributed by atoms with van der Waals surface area (Å²) in [5.41, 5.74) is 9.45. The Hall–Kier alpha value is -6.40. The molecule has 4 heterocycles. The van der Waals surface area contributed by atoms with E-state index >= 15 is 0 Å². The zero-order chi connectivity index (χ0) is 30.5. The first kappa shape index (κ1) is 26.0. The van der Waals surface area contributed by atoms with Crippen LogP contribution in [0.25, 0.3) is 88.9 Å². The van der Waals surface area contributed by atoms with E-state index in [1.807, 2.05) is 42.5 Å². The van der Waals surface area contributed by atoms with Gasteiger partial charge in [-0.3, -0.25) is 0 Å². The lowest BCUT2D eigenvalue weighted by Gasteiger charge is -2.15. The van der Waals surface area contributed by atoms with Crippen LogP contribution >= 0.6 is 0 Å². The van der Waals surface area contributed by atoms with Crippen LogP contribution in [-0.2, 0) is 0 Å². The molecule has 9 aromatic rings. The molecule has 0 radical (unpaired) electrons. The molecule has 46 heavy (non-hydrogen) atoms. The maximum Gasteiger partial charge on any atom is 0.178 e. The minimum atomic E-state index is 0.582. The van der Waals surface area contributed by atoms with Gasteiger partial charge in [0.15, 0.2) is 5.82 Å². The number of benzene rings is 5. The molecule has 214 valence electrons. The number of pyridine rings is 2. The Morgan fingerprint density at radius 1 is 0.370 bits per heavy atom. The van der Waals surface area contributed by atoms with Crippen molar-refractivity contribution in [3.05, 3.63) is 146 Å². The van der Waals surface area contributed by atoms with E-state index in [2.05, 4.69) is 94.9 Å². The first-order valence-electron chi connectivity index (χ1n) is 15.1. The molecule has 0 saturated carbocycles. The van der Waals surface area contributed by atoms with Gasteiger partial charge in [-0.2, -0.15) is 0 Å². The van der Waals surface area contributed by atoms with Crippen LogP contribution < -0.4 is 0 Å². The fraction of sp³-hybridized carbons (Fsp3) is 0. The Morgan fingerprint density at radius 2 is 0.935 bits per heavy atom. The van der Waals surface area contributed by atoms with Crippen molar-refractivity contribution < 1.29 is 0 Å². The van der Waals surface area contributed by atoms with Crippen LogP contribution in [0.2, 0.25) is 0 Å². The normalized spacial score (nSPS) is 11.5. The first-order chi connectivity index (χ1) is 22.8. The van der Waals surface area contributed by atoms with E-state index in [9.17, 15) is 0 Å². The molecule has 5 aromatic carbocycles. The van der Waals surface area contributed by atoms with Crippen LogP contribution in [0.5, 0.6) is 0 Å². The highest BCUT2D eigenvalue weighted by atomic mass is 14.9. The van der Waals surface area contributed by atoms with Crippen LogP contribution in [0.15, 0.2) is 146 Å². The number of aromatic nitrogens is 6. The summed E-state index contributed by atoms with van der Waals surface area (Å²) in [4.78, 5) is 29.5. The van der Waals surface area contributed by atoms with E-state index in [1.54, 1.807) is 18.5 Å². The number of fused-ring (bicyclic) bond motifs is 5. The molecule has 0 N–H and O–H groups in total. The average molecular weight is 589 g/mol. The van der Waals surface area contributed by atoms with Crippen LogP contribution in [0.4, 0.5) is 0 Å². The van der Waals surface area contributed by atoms with Gasteiger partial charge in [0.1, 0.15) is 5.69 Å². The first-order valence-corrected chi connectivity index (χ1v) is 15.1. The molecule has 0 amide bonds. The maximum atomic E-state index is 5.25. The van der Waals surface area contributed by atoms with E-state index in [4.69, 9.17) is 19.9 Å². The molecule has 0 spiro atoms. The molecule has 0 aliphatic rings. The summed E-state index contributed by atoms with van der Waals surface area (Å²) in [6, 6.07) is 45.3. The summed E-state index contributed by atoms with van der Waals surface area (Å²) in [5.74, 6) is 0.582. The Bertz CT molecular complexity index is 2600. The van der Waals surface area contributed by atoms with Crippen molar-refractivity contribution in [3.8, 4) is 45.3 Å². The predicted octanol–water partition coefficient (Wildman–Crippen LogP) is 9.34. The fourth-order valence-corrected chi connectivity index (χ4v) is 6.11. The molecule has 0 fully saturated rings. The lowest BCUT2D eigenvalue weighted by atomic mass is 9.96. The van der Waals surface area contributed by atoms with Gasteiger partial charge in [0.25, 0.3) is 0 Å². The molecular formula is C40H24N6. The predicted molar refractivity (Wildman–Crippen MR) is 185 cm³/mol. The second-order valence-electron chi connectivity index (χ2n) is 11.2. The lowest BCUT2D eigenvalue weighted by Crippen LogP contribution is -1.98. The lowest BCUT2D eigenvalue weighted by molar-refractivity contribution is 1.15. The quantitative estimate of drug-likeness (QED) is 0.191. The van der Waals surface area contributed by atoms with E-state index < -0.39 is 0 Å². The van der Waals surface area contributed by atoms with Gasteiger partial charge in [-0.25, -0.2) is 29.9 Å². The van der Waals surface area contributed by atoms with Crippen LogP contribution in [0.3, 0.4) is 0 Å². The van der Waals surface area contributed by atoms with E-state index in [0.717, 1.165) is 72.0 Å². The average Bonchev–Trinajstić information content (AvgIpc) is 3.14. The summed E-state index contributed by atoms with van der Waals surface area (Å²) >= 11 is 0. The highest BCUT2D eigenvalue weighted by molar-refractivity contribution is 6.04. The van der Waals surface area contributed by atoms with Gasteiger partial charge in [-0.15, -0.1) is 0 Å². The zero-order valence-corrected chi connectivity index (χ0v) is 24.5. The molecule has 0 unspecified atom stereocenters. The third-order valence-electron chi connectivity index (χ3n) is 8.37. The van der Waals surface area contributed by atoms with Crippen molar-refractivity contribution in [2.75, 3.05) is 0 Å². The Kier molecular flexibility index (Phi) is 6.03. The fourth-order valence-electron chi connectivity index (χ4n) is 6.11. The van der Waals surface area contributed by atoms with Crippen molar-refractivity contribution >= 4 is 43.6 Å². The van der Waals surface area contributed by atoms with Gasteiger partial charge in [0.05, 0.1) is 39.1 Å². The standard InChI is InChI=1S/C40H24N6/c1-2-9-28-24-29(17-14-25(28)8-1)38-39(45-34-13-6-5-12-33(34)44-38)31-11-4-3-10-30(31)32-20-18-26-15-16-27-19-21-35(40-41-22-7-23-42-40)46-37(27)36(26)43-32/h1-24H. The summed E-state index contributed by atoms with van der Waals surface area (Å²) < 4.78 is 0. The van der Waals surface area contributed by atoms with Crippen LogP contribution in [0.1, 0.15) is 0 Å². The smallest absolute Gasteiger partial charge is 0.178 e. The summed E-state index contributed by atoms with van der Waals surface area (Å²) in [5, 5.41) is 4.36. The van der Waals surface area contributed by atoms with Crippen molar-refractivity contribution in [3.63, 3.8) is 0 Å². The zero-order valence-electron chi connectivity index (χ0n) is 24.5. The molecule has 0 saturated heterocycles. The highest BCUT2D eigenvalue weighted by Crippen LogP contribution is 2.38. The minimum absolute atomic E-state index is 0.582. The van der Waals surface area contributed by atoms with E-state index in [1.165, 1.54) is 5.39 Å². The SMILES string of the molecule is c1cnc(-c2ccc3ccc4ccc(-c5ccccc5-c5nc6ccccc6nc5-c5ccc6ccccc6c5)nc4c3n2)nc1. The summed E-state index contributed by atoms with van der Waals surface area (Å²) in [7, 11) is 0. The summed E-state index contributed by atoms with van der Waals surface area (Å²) in [6.45, 7) is 0. The van der Waals surface area contributed by atoms with Gasteiger partial charge >= 0.3 is 0 Å². The molecule has 6 nitrogen and oxygen atoms in total. The molecule has 0 aliphatic heterocycles. The topological polar surface area (TPSA) is 77.3 Å². The number of nitrogens with zero attached hydrogens (tertiary/aromatic N) is 6. The largest absolute Gasteiger partial charge is 0.245 e. The number of rotatable bonds is 4. The molecule has 4 aromatic heterocycles. The van der Waals surface area contributed by atoms with Crippen molar-refractivity contribution in [1.29, 1.82) is 0 Å². The molecule has 0 atom stereocenters. The van der Waals surface area contributed by atoms with Crippen molar-refractivity contribution in [2.24, 2.45) is 0 Å². The van der Waals surface area contributed by atoms with Crippen LogP contribution in [-0.4, -0.2) is 29.9 Å². The minimum Gasteiger partial charge on any atom is -0.245 e. The summed E-state index contributed by atoms with van der Waals surface area (Å²) in [6.07, 6.45) is 3.46. The van der Waals surface area contributed by atoms with E-state index in [-0.39, 0.29) is 0 Å². The van der Waals surface area contributed by atoms with Crippen molar-refractivity contribution in [2.45, 2.75) is 0 Å².